The van der Waals surface area contributed by atoms with Gasteiger partial charge in [0.1, 0.15) is 11.5 Å². The van der Waals surface area contributed by atoms with Crippen molar-refractivity contribution in [2.45, 2.75) is 25.9 Å². The summed E-state index contributed by atoms with van der Waals surface area (Å²) in [5.41, 5.74) is 1.93. The Labute approximate surface area is 197 Å². The monoisotopic (exact) mass is 462 g/mol. The number of rotatable bonds is 7. The summed E-state index contributed by atoms with van der Waals surface area (Å²) < 4.78 is 5.66. The molecule has 2 heterocycles. The zero-order valence-corrected chi connectivity index (χ0v) is 18.8. The second-order valence-corrected chi connectivity index (χ2v) is 8.15. The van der Waals surface area contributed by atoms with Crippen LogP contribution in [0.2, 0.25) is 5.02 Å². The molecule has 1 aromatic heterocycles. The van der Waals surface area contributed by atoms with Crippen LogP contribution in [-0.4, -0.2) is 33.3 Å². The Bertz CT molecular complexity index is 1190. The lowest BCUT2D eigenvalue weighted by Crippen LogP contribution is -2.29. The highest BCUT2D eigenvalue weighted by atomic mass is 35.5. The SMILES string of the molecule is CCCOc1cccc(C(O)=C2C(=O)C(=O)N(Cc3ccncc3)C2c2ccc(Cl)cc2)c1. The number of aromatic nitrogens is 1. The summed E-state index contributed by atoms with van der Waals surface area (Å²) in [5.74, 6) is -1.07. The molecule has 1 atom stereocenters. The van der Waals surface area contributed by atoms with E-state index in [1.54, 1.807) is 73.1 Å². The number of aliphatic hydroxyl groups excluding tert-OH is 1. The van der Waals surface area contributed by atoms with E-state index in [9.17, 15) is 14.7 Å². The third kappa shape index (κ3) is 4.76. The van der Waals surface area contributed by atoms with E-state index in [-0.39, 0.29) is 17.9 Å². The van der Waals surface area contributed by atoms with Gasteiger partial charge in [0.15, 0.2) is 0 Å². The second-order valence-electron chi connectivity index (χ2n) is 7.71. The minimum atomic E-state index is -0.768. The Morgan fingerprint density at radius 1 is 1.09 bits per heavy atom. The summed E-state index contributed by atoms with van der Waals surface area (Å²) in [5, 5.41) is 11.7. The summed E-state index contributed by atoms with van der Waals surface area (Å²) in [6.45, 7) is 2.72. The Hall–Kier alpha value is -3.64. The molecule has 1 fully saturated rings. The molecule has 168 valence electrons. The number of Topliss-reactive ketones (excluding diaryl/α,β-unsaturated/α-hetero) is 1. The highest BCUT2D eigenvalue weighted by Crippen LogP contribution is 2.40. The van der Waals surface area contributed by atoms with Gasteiger partial charge in [-0.05, 0) is 53.9 Å². The fourth-order valence-electron chi connectivity index (χ4n) is 3.83. The predicted molar refractivity (Wildman–Crippen MR) is 126 cm³/mol. The van der Waals surface area contributed by atoms with E-state index in [2.05, 4.69) is 4.98 Å². The van der Waals surface area contributed by atoms with Gasteiger partial charge in [0.05, 0.1) is 18.2 Å². The van der Waals surface area contributed by atoms with Crippen LogP contribution in [0.25, 0.3) is 5.76 Å². The van der Waals surface area contributed by atoms with E-state index in [0.29, 0.717) is 28.5 Å². The van der Waals surface area contributed by atoms with Crippen LogP contribution in [0.15, 0.2) is 78.6 Å². The number of amides is 1. The summed E-state index contributed by atoms with van der Waals surface area (Å²) in [6, 6.07) is 16.6. The summed E-state index contributed by atoms with van der Waals surface area (Å²) in [6.07, 6.45) is 4.10. The minimum absolute atomic E-state index is 0.0315. The number of likely N-dealkylation sites (tertiary alicyclic amines) is 1. The van der Waals surface area contributed by atoms with Gasteiger partial charge in [0.2, 0.25) is 0 Å². The maximum absolute atomic E-state index is 13.1. The van der Waals surface area contributed by atoms with Gasteiger partial charge in [0.25, 0.3) is 11.7 Å². The van der Waals surface area contributed by atoms with Crippen LogP contribution in [0.3, 0.4) is 0 Å². The van der Waals surface area contributed by atoms with Crippen molar-refractivity contribution in [3.63, 3.8) is 0 Å². The Morgan fingerprint density at radius 2 is 1.82 bits per heavy atom. The number of nitrogens with zero attached hydrogens (tertiary/aromatic N) is 2. The van der Waals surface area contributed by atoms with Gasteiger partial charge in [-0.3, -0.25) is 14.6 Å². The molecule has 3 aromatic rings. The number of benzene rings is 2. The summed E-state index contributed by atoms with van der Waals surface area (Å²) >= 11 is 6.07. The van der Waals surface area contributed by atoms with Gasteiger partial charge in [-0.25, -0.2) is 0 Å². The Kier molecular flexibility index (Phi) is 6.75. The first kappa shape index (κ1) is 22.6. The third-order valence-corrected chi connectivity index (χ3v) is 5.66. The van der Waals surface area contributed by atoms with Gasteiger partial charge in [-0.15, -0.1) is 0 Å². The first-order valence-electron chi connectivity index (χ1n) is 10.7. The summed E-state index contributed by atoms with van der Waals surface area (Å²) in [4.78, 5) is 31.7. The Morgan fingerprint density at radius 3 is 2.52 bits per heavy atom. The van der Waals surface area contributed by atoms with Crippen molar-refractivity contribution in [3.8, 4) is 5.75 Å². The fraction of sp³-hybridized carbons (Fsp3) is 0.192. The average molecular weight is 463 g/mol. The van der Waals surface area contributed by atoms with Crippen molar-refractivity contribution in [3.05, 3.63) is 100 Å². The number of aliphatic hydroxyl groups is 1. The normalized spacial score (nSPS) is 17.4. The first-order chi connectivity index (χ1) is 16.0. The molecule has 1 unspecified atom stereocenters. The van der Waals surface area contributed by atoms with Gasteiger partial charge < -0.3 is 14.7 Å². The maximum Gasteiger partial charge on any atom is 0.295 e. The van der Waals surface area contributed by atoms with Crippen molar-refractivity contribution in [1.82, 2.24) is 9.88 Å². The molecule has 0 bridgehead atoms. The lowest BCUT2D eigenvalue weighted by molar-refractivity contribution is -0.140. The lowest BCUT2D eigenvalue weighted by Gasteiger charge is -2.25. The highest BCUT2D eigenvalue weighted by molar-refractivity contribution is 6.46. The molecule has 1 N–H and O–H groups in total. The zero-order valence-electron chi connectivity index (χ0n) is 18.1. The molecule has 7 heteroatoms. The molecule has 1 saturated heterocycles. The van der Waals surface area contributed by atoms with E-state index in [0.717, 1.165) is 12.0 Å². The Balaban J connectivity index is 1.81. The van der Waals surface area contributed by atoms with Crippen molar-refractivity contribution < 1.29 is 19.4 Å². The van der Waals surface area contributed by atoms with Crippen molar-refractivity contribution in [1.29, 1.82) is 0 Å². The molecule has 6 nitrogen and oxygen atoms in total. The molecule has 33 heavy (non-hydrogen) atoms. The summed E-state index contributed by atoms with van der Waals surface area (Å²) in [7, 11) is 0. The van der Waals surface area contributed by atoms with Crippen molar-refractivity contribution >= 4 is 29.1 Å². The van der Waals surface area contributed by atoms with Gasteiger partial charge in [-0.1, -0.05) is 42.8 Å². The minimum Gasteiger partial charge on any atom is -0.507 e. The van der Waals surface area contributed by atoms with Crippen molar-refractivity contribution in [2.24, 2.45) is 0 Å². The molecule has 0 saturated carbocycles. The molecular weight excluding hydrogens is 440 g/mol. The van der Waals surface area contributed by atoms with E-state index >= 15 is 0 Å². The number of carbonyl (C=O) groups is 2. The van der Waals surface area contributed by atoms with Gasteiger partial charge in [0, 0.05) is 29.5 Å². The topological polar surface area (TPSA) is 79.7 Å². The van der Waals surface area contributed by atoms with Crippen LogP contribution < -0.4 is 4.74 Å². The van der Waals surface area contributed by atoms with Crippen LogP contribution in [0.4, 0.5) is 0 Å². The molecule has 1 aliphatic rings. The molecular formula is C26H23ClN2O4. The molecule has 0 radical (unpaired) electrons. The number of halogens is 1. The van der Waals surface area contributed by atoms with E-state index in [4.69, 9.17) is 16.3 Å². The quantitative estimate of drug-likeness (QED) is 0.298. The number of hydrogen-bond acceptors (Lipinski definition) is 5. The van der Waals surface area contributed by atoms with E-state index in [1.165, 1.54) is 4.90 Å². The highest BCUT2D eigenvalue weighted by Gasteiger charge is 2.46. The standard InChI is InChI=1S/C26H23ClN2O4/c1-2-14-33-21-5-3-4-19(15-21)24(30)22-23(18-6-8-20(27)9-7-18)29(26(32)25(22)31)16-17-10-12-28-13-11-17/h3-13,15,23,30H,2,14,16H2,1H3. The van der Waals surface area contributed by atoms with Crippen LogP contribution in [0, 0.1) is 0 Å². The largest absolute Gasteiger partial charge is 0.507 e. The number of ketones is 1. The number of ether oxygens (including phenoxy) is 1. The zero-order chi connectivity index (χ0) is 23.4. The third-order valence-electron chi connectivity index (χ3n) is 5.41. The van der Waals surface area contributed by atoms with E-state index < -0.39 is 17.7 Å². The van der Waals surface area contributed by atoms with Gasteiger partial charge >= 0.3 is 0 Å². The first-order valence-corrected chi connectivity index (χ1v) is 11.0. The molecule has 1 aliphatic heterocycles. The molecule has 1 amide bonds. The van der Waals surface area contributed by atoms with Crippen LogP contribution in [0.1, 0.15) is 36.1 Å². The van der Waals surface area contributed by atoms with Crippen LogP contribution in [-0.2, 0) is 16.1 Å². The van der Waals surface area contributed by atoms with Gasteiger partial charge in [-0.2, -0.15) is 0 Å². The van der Waals surface area contributed by atoms with Crippen molar-refractivity contribution in [2.75, 3.05) is 6.61 Å². The fourth-order valence-corrected chi connectivity index (χ4v) is 3.95. The number of pyridine rings is 1. The molecule has 2 aromatic carbocycles. The molecule has 0 aliphatic carbocycles. The van der Waals surface area contributed by atoms with E-state index in [1.807, 2.05) is 6.92 Å². The lowest BCUT2D eigenvalue weighted by atomic mass is 9.95. The second kappa shape index (κ2) is 9.88. The smallest absolute Gasteiger partial charge is 0.295 e. The van der Waals surface area contributed by atoms with Crippen LogP contribution in [0.5, 0.6) is 5.75 Å². The number of carbonyl (C=O) groups excluding carboxylic acids is 2. The number of hydrogen-bond donors (Lipinski definition) is 1. The predicted octanol–water partition coefficient (Wildman–Crippen LogP) is 5.15. The van der Waals surface area contributed by atoms with Crippen LogP contribution >= 0.6 is 11.6 Å². The average Bonchev–Trinajstić information content (AvgIpc) is 3.08. The molecule has 0 spiro atoms. The maximum atomic E-state index is 13.1. The molecule has 4 rings (SSSR count).